The van der Waals surface area contributed by atoms with Gasteiger partial charge in [-0.2, -0.15) is 0 Å². The number of aromatic nitrogens is 3. The van der Waals surface area contributed by atoms with E-state index in [-0.39, 0.29) is 11.2 Å². The van der Waals surface area contributed by atoms with Crippen molar-refractivity contribution in [2.24, 2.45) is 5.92 Å². The highest BCUT2D eigenvalue weighted by Gasteiger charge is 2.23. The van der Waals surface area contributed by atoms with E-state index in [2.05, 4.69) is 15.5 Å². The molecule has 1 aliphatic rings. The molecule has 1 aliphatic carbocycles. The van der Waals surface area contributed by atoms with Gasteiger partial charge in [-0.3, -0.25) is 9.36 Å². The number of methoxy groups -OCH3 is 2. The van der Waals surface area contributed by atoms with Gasteiger partial charge in [-0.15, -0.1) is 10.2 Å². The number of carbonyl (C=O) groups is 1. The fourth-order valence-corrected chi connectivity index (χ4v) is 5.20. The van der Waals surface area contributed by atoms with E-state index in [1.165, 1.54) is 43.9 Å². The molecule has 7 nitrogen and oxygen atoms in total. The number of hydrogen-bond donors (Lipinski definition) is 1. The minimum atomic E-state index is -0.310. The van der Waals surface area contributed by atoms with Crippen LogP contribution in [0.3, 0.4) is 0 Å². The Balaban J connectivity index is 1.60. The second-order valence-corrected chi connectivity index (χ2v) is 9.86. The number of benzene rings is 2. The van der Waals surface area contributed by atoms with Gasteiger partial charge in [-0.25, -0.2) is 0 Å². The lowest BCUT2D eigenvalue weighted by Gasteiger charge is -2.22. The zero-order valence-corrected chi connectivity index (χ0v) is 20.8. The van der Waals surface area contributed by atoms with Gasteiger partial charge >= 0.3 is 0 Å². The highest BCUT2D eigenvalue weighted by Crippen LogP contribution is 2.34. The Hall–Kier alpha value is -3.00. The highest BCUT2D eigenvalue weighted by molar-refractivity contribution is 8.00. The van der Waals surface area contributed by atoms with Crippen LogP contribution < -0.4 is 14.8 Å². The van der Waals surface area contributed by atoms with Gasteiger partial charge < -0.3 is 14.8 Å². The van der Waals surface area contributed by atoms with Gasteiger partial charge in [0.15, 0.2) is 22.5 Å². The summed E-state index contributed by atoms with van der Waals surface area (Å²) in [5.74, 6) is 2.58. The van der Waals surface area contributed by atoms with E-state index in [1.54, 1.807) is 14.2 Å². The summed E-state index contributed by atoms with van der Waals surface area (Å²) < 4.78 is 12.9. The van der Waals surface area contributed by atoms with Crippen LogP contribution in [-0.4, -0.2) is 46.7 Å². The Morgan fingerprint density at radius 3 is 2.50 bits per heavy atom. The van der Waals surface area contributed by atoms with Gasteiger partial charge in [-0.1, -0.05) is 61.4 Å². The van der Waals surface area contributed by atoms with Gasteiger partial charge in [-0.05, 0) is 37.8 Å². The van der Waals surface area contributed by atoms with Crippen LogP contribution in [0.5, 0.6) is 11.5 Å². The summed E-state index contributed by atoms with van der Waals surface area (Å²) in [6.45, 7) is 2.66. The van der Waals surface area contributed by atoms with Crippen molar-refractivity contribution < 1.29 is 14.3 Å². The quantitative estimate of drug-likeness (QED) is 0.428. The number of ether oxygens (including phenoxy) is 2. The van der Waals surface area contributed by atoms with E-state index in [0.29, 0.717) is 28.4 Å². The van der Waals surface area contributed by atoms with Crippen molar-refractivity contribution in [3.63, 3.8) is 0 Å². The zero-order chi connectivity index (χ0) is 23.9. The Morgan fingerprint density at radius 1 is 1.06 bits per heavy atom. The second-order valence-electron chi connectivity index (χ2n) is 8.56. The fraction of sp³-hybridized carbons (Fsp3) is 0.423. The minimum Gasteiger partial charge on any atom is -0.493 e. The summed E-state index contributed by atoms with van der Waals surface area (Å²) in [6, 6.07) is 15.6. The Morgan fingerprint density at radius 2 is 1.79 bits per heavy atom. The molecule has 1 N–H and O–H groups in total. The lowest BCUT2D eigenvalue weighted by molar-refractivity contribution is -0.120. The lowest BCUT2D eigenvalue weighted by Crippen LogP contribution is -2.35. The van der Waals surface area contributed by atoms with Crippen molar-refractivity contribution in [2.45, 2.75) is 49.4 Å². The molecule has 0 spiro atoms. The topological polar surface area (TPSA) is 78.3 Å². The maximum Gasteiger partial charge on any atom is 0.233 e. The number of carbonyl (C=O) groups excluding carboxylic acids is 1. The van der Waals surface area contributed by atoms with Crippen molar-refractivity contribution in [3.8, 4) is 28.6 Å². The van der Waals surface area contributed by atoms with Gasteiger partial charge in [0.25, 0.3) is 0 Å². The molecule has 1 amide bonds. The predicted molar refractivity (Wildman–Crippen MR) is 135 cm³/mol. The van der Waals surface area contributed by atoms with Gasteiger partial charge in [0.05, 0.1) is 25.2 Å². The average molecular weight is 481 g/mol. The molecular formula is C26H32N4O3S. The monoisotopic (exact) mass is 480 g/mol. The summed E-state index contributed by atoms with van der Waals surface area (Å²) in [7, 11) is 3.22. The standard InChI is InChI=1S/C26H32N4O3S/c1-18(25(31)27-17-19-10-6-4-7-11-19)34-26-29-28-24(20-12-8-5-9-13-20)30(26)21-14-15-22(32-2)23(16-21)33-3/h5,8-9,12-16,18-19H,4,6-7,10-11,17H2,1-3H3,(H,27,31)/t18-/m1/s1. The van der Waals surface area contributed by atoms with Gasteiger partial charge in [0, 0.05) is 18.2 Å². The highest BCUT2D eigenvalue weighted by atomic mass is 32.2. The zero-order valence-electron chi connectivity index (χ0n) is 20.0. The maximum atomic E-state index is 12.9. The Kier molecular flexibility index (Phi) is 8.11. The molecule has 2 aromatic carbocycles. The van der Waals surface area contributed by atoms with Crippen LogP contribution in [0.15, 0.2) is 53.7 Å². The first kappa shape index (κ1) is 24.1. The van der Waals surface area contributed by atoms with Crippen molar-refractivity contribution in [1.82, 2.24) is 20.1 Å². The van der Waals surface area contributed by atoms with Crippen LogP contribution in [-0.2, 0) is 4.79 Å². The van der Waals surface area contributed by atoms with Crippen LogP contribution >= 0.6 is 11.8 Å². The molecule has 8 heteroatoms. The molecule has 34 heavy (non-hydrogen) atoms. The number of nitrogens with one attached hydrogen (secondary N) is 1. The normalized spacial score (nSPS) is 15.0. The molecule has 1 saturated carbocycles. The SMILES string of the molecule is COc1ccc(-n2c(S[C@H](C)C(=O)NCC3CCCCC3)nnc2-c2ccccc2)cc1OC. The Bertz CT molecular complexity index is 1100. The van der Waals surface area contributed by atoms with E-state index >= 15 is 0 Å². The lowest BCUT2D eigenvalue weighted by atomic mass is 9.89. The van der Waals surface area contributed by atoms with Crippen LogP contribution in [0.2, 0.25) is 0 Å². The van der Waals surface area contributed by atoms with Crippen LogP contribution in [0.4, 0.5) is 0 Å². The number of amides is 1. The fourth-order valence-electron chi connectivity index (χ4n) is 4.31. The molecular weight excluding hydrogens is 448 g/mol. The van der Waals surface area contributed by atoms with E-state index in [1.807, 2.05) is 60.0 Å². The molecule has 1 fully saturated rings. The molecule has 0 bridgehead atoms. The van der Waals surface area contributed by atoms with E-state index in [0.717, 1.165) is 17.8 Å². The van der Waals surface area contributed by atoms with Gasteiger partial charge in [0.1, 0.15) is 0 Å². The van der Waals surface area contributed by atoms with Crippen LogP contribution in [0.25, 0.3) is 17.1 Å². The first-order valence-corrected chi connectivity index (χ1v) is 12.7. The molecule has 1 aromatic heterocycles. The summed E-state index contributed by atoms with van der Waals surface area (Å²) in [5, 5.41) is 12.4. The first-order valence-electron chi connectivity index (χ1n) is 11.8. The average Bonchev–Trinajstić information content (AvgIpc) is 3.31. The molecule has 1 heterocycles. The Labute approximate surface area is 205 Å². The first-order chi connectivity index (χ1) is 16.6. The number of thioether (sulfide) groups is 1. The summed E-state index contributed by atoms with van der Waals surface area (Å²) in [5.41, 5.74) is 1.77. The molecule has 0 saturated heterocycles. The van der Waals surface area contributed by atoms with Gasteiger partial charge in [0.2, 0.25) is 5.91 Å². The molecule has 0 radical (unpaired) electrons. The summed E-state index contributed by atoms with van der Waals surface area (Å²) in [4.78, 5) is 12.9. The molecule has 0 unspecified atom stereocenters. The third-order valence-corrected chi connectivity index (χ3v) is 7.27. The predicted octanol–water partition coefficient (Wildman–Crippen LogP) is 5.13. The van der Waals surface area contributed by atoms with Crippen molar-refractivity contribution >= 4 is 17.7 Å². The molecule has 1 atom stereocenters. The molecule has 0 aliphatic heterocycles. The van der Waals surface area contributed by atoms with E-state index in [9.17, 15) is 4.79 Å². The summed E-state index contributed by atoms with van der Waals surface area (Å²) >= 11 is 1.40. The molecule has 180 valence electrons. The smallest absolute Gasteiger partial charge is 0.233 e. The minimum absolute atomic E-state index is 0.0266. The van der Waals surface area contributed by atoms with E-state index < -0.39 is 0 Å². The maximum absolute atomic E-state index is 12.9. The van der Waals surface area contributed by atoms with E-state index in [4.69, 9.17) is 9.47 Å². The third-order valence-electron chi connectivity index (χ3n) is 6.23. The van der Waals surface area contributed by atoms with Crippen molar-refractivity contribution in [1.29, 1.82) is 0 Å². The molecule has 4 rings (SSSR count). The number of rotatable bonds is 9. The second kappa shape index (κ2) is 11.4. The number of nitrogens with zero attached hydrogens (tertiary/aromatic N) is 3. The number of hydrogen-bond acceptors (Lipinski definition) is 6. The van der Waals surface area contributed by atoms with Crippen LogP contribution in [0.1, 0.15) is 39.0 Å². The van der Waals surface area contributed by atoms with Crippen molar-refractivity contribution in [2.75, 3.05) is 20.8 Å². The largest absolute Gasteiger partial charge is 0.493 e. The summed E-state index contributed by atoms with van der Waals surface area (Å²) in [6.07, 6.45) is 6.25. The third kappa shape index (κ3) is 5.55. The van der Waals surface area contributed by atoms with Crippen molar-refractivity contribution in [3.05, 3.63) is 48.5 Å². The molecule has 3 aromatic rings. The van der Waals surface area contributed by atoms with Crippen LogP contribution in [0, 0.1) is 5.92 Å².